The molecule has 0 saturated heterocycles. The predicted octanol–water partition coefficient (Wildman–Crippen LogP) is 0.338. The van der Waals surface area contributed by atoms with Gasteiger partial charge in [-0.15, -0.1) is 11.6 Å². The highest BCUT2D eigenvalue weighted by Crippen LogP contribution is 2.04. The number of alkyl halides is 1. The van der Waals surface area contributed by atoms with Crippen molar-refractivity contribution in [2.24, 2.45) is 0 Å². The summed E-state index contributed by atoms with van der Waals surface area (Å²) in [5.41, 5.74) is 0.861. The highest BCUT2D eigenvalue weighted by Gasteiger charge is 2.17. The van der Waals surface area contributed by atoms with Crippen molar-refractivity contribution in [2.75, 3.05) is 5.88 Å². The van der Waals surface area contributed by atoms with Crippen LogP contribution in [-0.4, -0.2) is 23.8 Å². The molecule has 1 N–H and O–H groups in total. The van der Waals surface area contributed by atoms with Gasteiger partial charge in [0.25, 0.3) is 0 Å². The summed E-state index contributed by atoms with van der Waals surface area (Å²) >= 11 is 5.39. The third kappa shape index (κ3) is 3.90. The Morgan fingerprint density at radius 3 is 2.44 bits per heavy atom. The van der Waals surface area contributed by atoms with Gasteiger partial charge in [0, 0.05) is 0 Å². The molecule has 0 saturated carbocycles. The first-order chi connectivity index (χ1) is 7.63. The molecule has 0 spiro atoms. The minimum absolute atomic E-state index is 0.224. The van der Waals surface area contributed by atoms with E-state index in [-0.39, 0.29) is 18.1 Å². The number of ketones is 1. The summed E-state index contributed by atoms with van der Waals surface area (Å²) in [4.78, 5) is 21.8. The van der Waals surface area contributed by atoms with E-state index in [4.69, 9.17) is 11.6 Å². The molecule has 86 valence electrons. The second kappa shape index (κ2) is 6.12. The van der Waals surface area contributed by atoms with Gasteiger partial charge in [-0.3, -0.25) is 4.79 Å². The quantitative estimate of drug-likeness (QED) is 0.755. The van der Waals surface area contributed by atoms with E-state index < -0.39 is 12.1 Å². The highest BCUT2D eigenvalue weighted by molar-refractivity contribution is 6.28. The number of Topliss-reactive ketones (excluding diaryl/α,β-unsaturated/α-hetero) is 1. The fourth-order valence-electron chi connectivity index (χ4n) is 1.33. The van der Waals surface area contributed by atoms with Gasteiger partial charge in [-0.2, -0.15) is 0 Å². The fourth-order valence-corrected chi connectivity index (χ4v) is 1.52. The van der Waals surface area contributed by atoms with Gasteiger partial charge in [0.1, 0.15) is 6.09 Å². The van der Waals surface area contributed by atoms with Crippen LogP contribution in [-0.2, 0) is 11.2 Å². The number of benzene rings is 1. The zero-order valence-corrected chi connectivity index (χ0v) is 9.24. The molecule has 0 bridgehead atoms. The summed E-state index contributed by atoms with van der Waals surface area (Å²) in [7, 11) is 0. The van der Waals surface area contributed by atoms with Crippen LogP contribution in [0.1, 0.15) is 5.56 Å². The lowest BCUT2D eigenvalue weighted by atomic mass is 10.0. The average Bonchev–Trinajstić information content (AvgIpc) is 2.28. The summed E-state index contributed by atoms with van der Waals surface area (Å²) < 4.78 is 0. The predicted molar refractivity (Wildman–Crippen MR) is 58.2 cm³/mol. The Bertz CT molecular complexity index is 367. The molecule has 0 radical (unpaired) electrons. The molecule has 1 aromatic rings. The number of hydrogen-bond donors (Lipinski definition) is 1. The zero-order chi connectivity index (χ0) is 12.0. The van der Waals surface area contributed by atoms with Crippen molar-refractivity contribution < 1.29 is 14.7 Å². The van der Waals surface area contributed by atoms with Crippen LogP contribution >= 0.6 is 11.6 Å². The number of amides is 1. The second-order valence-electron chi connectivity index (χ2n) is 3.27. The van der Waals surface area contributed by atoms with E-state index in [1.807, 2.05) is 30.3 Å². The average molecular weight is 241 g/mol. The van der Waals surface area contributed by atoms with Crippen LogP contribution < -0.4 is 10.4 Å². The molecule has 1 unspecified atom stereocenters. The number of carbonyl (C=O) groups excluding carboxylic acids is 2. The van der Waals surface area contributed by atoms with Gasteiger partial charge in [0.2, 0.25) is 0 Å². The molecule has 1 atom stereocenters. The lowest BCUT2D eigenvalue weighted by Crippen LogP contribution is -2.48. The number of carboxylic acid groups (broad SMARTS) is 1. The molecule has 0 aromatic heterocycles. The van der Waals surface area contributed by atoms with E-state index in [9.17, 15) is 14.7 Å². The molecule has 1 amide bonds. The first-order valence-corrected chi connectivity index (χ1v) is 5.27. The van der Waals surface area contributed by atoms with Gasteiger partial charge in [-0.05, 0) is 12.0 Å². The topological polar surface area (TPSA) is 69.2 Å². The molecule has 4 nitrogen and oxygen atoms in total. The van der Waals surface area contributed by atoms with E-state index in [2.05, 4.69) is 5.32 Å². The van der Waals surface area contributed by atoms with Crippen LogP contribution in [0, 0.1) is 0 Å². The molecule has 5 heteroatoms. The first-order valence-electron chi connectivity index (χ1n) is 4.73. The van der Waals surface area contributed by atoms with Crippen LogP contribution in [0.4, 0.5) is 4.79 Å². The third-order valence-electron chi connectivity index (χ3n) is 2.10. The van der Waals surface area contributed by atoms with Crippen molar-refractivity contribution in [1.82, 2.24) is 5.32 Å². The number of rotatable bonds is 5. The summed E-state index contributed by atoms with van der Waals surface area (Å²) in [6.07, 6.45) is -1.19. The number of halogens is 1. The number of carbonyl (C=O) groups is 2. The highest BCUT2D eigenvalue weighted by atomic mass is 35.5. The Kier molecular flexibility index (Phi) is 4.79. The molecule has 1 aromatic carbocycles. The zero-order valence-electron chi connectivity index (χ0n) is 8.48. The molecule has 16 heavy (non-hydrogen) atoms. The molecule has 0 fully saturated rings. The monoisotopic (exact) mass is 240 g/mol. The Labute approximate surface area is 98.2 Å². The summed E-state index contributed by atoms with van der Waals surface area (Å²) in [6.45, 7) is 0. The van der Waals surface area contributed by atoms with Crippen molar-refractivity contribution in [2.45, 2.75) is 12.5 Å². The summed E-state index contributed by atoms with van der Waals surface area (Å²) in [5, 5.41) is 12.5. The van der Waals surface area contributed by atoms with Crippen molar-refractivity contribution in [1.29, 1.82) is 0 Å². The lowest BCUT2D eigenvalue weighted by molar-refractivity contribution is -0.251. The standard InChI is InChI=1S/C11H12ClNO3/c12-7-10(14)9(13-11(15)16)6-8-4-2-1-3-5-8/h1-5,9,13H,6-7H2,(H,15,16)/p-1. The SMILES string of the molecule is O=C([O-])NC(Cc1ccccc1)C(=O)CCl. The Morgan fingerprint density at radius 2 is 1.94 bits per heavy atom. The number of nitrogens with one attached hydrogen (secondary N) is 1. The smallest absolute Gasteiger partial charge is 0.170 e. The minimum Gasteiger partial charge on any atom is -0.530 e. The molecule has 0 aliphatic carbocycles. The van der Waals surface area contributed by atoms with E-state index in [1.165, 1.54) is 0 Å². The van der Waals surface area contributed by atoms with Gasteiger partial charge in [0.05, 0.1) is 11.9 Å². The summed E-state index contributed by atoms with van der Waals surface area (Å²) in [6, 6.07) is 8.25. The summed E-state index contributed by atoms with van der Waals surface area (Å²) in [5.74, 6) is -0.590. The van der Waals surface area contributed by atoms with Gasteiger partial charge in [-0.1, -0.05) is 30.3 Å². The van der Waals surface area contributed by atoms with E-state index >= 15 is 0 Å². The van der Waals surface area contributed by atoms with E-state index in [0.29, 0.717) is 0 Å². The maximum absolute atomic E-state index is 11.4. The third-order valence-corrected chi connectivity index (χ3v) is 2.36. The van der Waals surface area contributed by atoms with Crippen molar-refractivity contribution in [3.63, 3.8) is 0 Å². The maximum atomic E-state index is 11.4. The van der Waals surface area contributed by atoms with E-state index in [1.54, 1.807) is 0 Å². The van der Waals surface area contributed by atoms with Gasteiger partial charge in [-0.25, -0.2) is 0 Å². The Morgan fingerprint density at radius 1 is 1.31 bits per heavy atom. The van der Waals surface area contributed by atoms with Gasteiger partial charge in [0.15, 0.2) is 5.78 Å². The van der Waals surface area contributed by atoms with Crippen LogP contribution in [0.25, 0.3) is 0 Å². The Hall–Kier alpha value is -1.55. The van der Waals surface area contributed by atoms with Gasteiger partial charge < -0.3 is 15.2 Å². The van der Waals surface area contributed by atoms with Crippen LogP contribution in [0.2, 0.25) is 0 Å². The second-order valence-corrected chi connectivity index (χ2v) is 3.54. The largest absolute Gasteiger partial charge is 0.530 e. The number of hydrogen-bond acceptors (Lipinski definition) is 3. The molecule has 1 rings (SSSR count). The molecule has 0 heterocycles. The molecule has 0 aliphatic rings. The minimum atomic E-state index is -1.47. The lowest BCUT2D eigenvalue weighted by Gasteiger charge is -2.18. The van der Waals surface area contributed by atoms with Crippen LogP contribution in [0.15, 0.2) is 30.3 Å². The first kappa shape index (κ1) is 12.5. The Balaban J connectivity index is 2.70. The van der Waals surface area contributed by atoms with Crippen LogP contribution in [0.5, 0.6) is 0 Å². The van der Waals surface area contributed by atoms with Crippen molar-refractivity contribution >= 4 is 23.5 Å². The van der Waals surface area contributed by atoms with Gasteiger partial charge >= 0.3 is 0 Å². The molecule has 0 aliphatic heterocycles. The van der Waals surface area contributed by atoms with Crippen molar-refractivity contribution in [3.8, 4) is 0 Å². The normalized spacial score (nSPS) is 11.8. The van der Waals surface area contributed by atoms with Crippen molar-refractivity contribution in [3.05, 3.63) is 35.9 Å². The maximum Gasteiger partial charge on any atom is 0.170 e. The molecular formula is C11H11ClNO3-. The van der Waals surface area contributed by atoms with E-state index in [0.717, 1.165) is 5.56 Å². The fraction of sp³-hybridized carbons (Fsp3) is 0.273. The van der Waals surface area contributed by atoms with Crippen LogP contribution in [0.3, 0.4) is 0 Å². The molecular weight excluding hydrogens is 230 g/mol.